The Kier molecular flexibility index (Phi) is 3.28. The third-order valence-electron chi connectivity index (χ3n) is 2.34. The second kappa shape index (κ2) is 5.05. The molecule has 0 atom stereocenters. The van der Waals surface area contributed by atoms with Crippen molar-refractivity contribution in [1.82, 2.24) is 10.3 Å². The maximum Gasteiger partial charge on any atom is 0.267 e. The van der Waals surface area contributed by atoms with Gasteiger partial charge in [0.25, 0.3) is 5.91 Å². The predicted molar refractivity (Wildman–Crippen MR) is 64.6 cm³/mol. The monoisotopic (exact) mass is 229 g/mol. The van der Waals surface area contributed by atoms with Gasteiger partial charge in [0, 0.05) is 28.9 Å². The number of carbonyl (C=O) groups is 1. The molecule has 1 aromatic heterocycles. The highest BCUT2D eigenvalue weighted by Gasteiger charge is 2.07. The first-order valence-electron chi connectivity index (χ1n) is 5.18. The number of aromatic nitrogens is 1. The zero-order valence-electron chi connectivity index (χ0n) is 9.05. The molecule has 2 aromatic rings. The van der Waals surface area contributed by atoms with Gasteiger partial charge in [-0.3, -0.25) is 4.79 Å². The molecule has 0 spiro atoms. The molecule has 0 aliphatic carbocycles. The van der Waals surface area contributed by atoms with Gasteiger partial charge in [-0.25, -0.2) is 0 Å². The third-order valence-corrected chi connectivity index (χ3v) is 2.34. The van der Waals surface area contributed by atoms with E-state index >= 15 is 0 Å². The fourth-order valence-electron chi connectivity index (χ4n) is 1.56. The molecule has 0 saturated heterocycles. The van der Waals surface area contributed by atoms with Crippen molar-refractivity contribution in [3.63, 3.8) is 0 Å². The van der Waals surface area contributed by atoms with Crippen LogP contribution in [-0.2, 0) is 0 Å². The fraction of sp³-hybridized carbons (Fsp3) is 0.182. The normalized spacial score (nSPS) is 9.88. The lowest BCUT2D eigenvalue weighted by molar-refractivity contribution is 0.0950. The molecular formula is C11H11N5O. The summed E-state index contributed by atoms with van der Waals surface area (Å²) < 4.78 is 0. The van der Waals surface area contributed by atoms with Gasteiger partial charge in [-0.1, -0.05) is 23.3 Å². The highest BCUT2D eigenvalue weighted by Crippen LogP contribution is 2.14. The molecule has 0 aliphatic heterocycles. The summed E-state index contributed by atoms with van der Waals surface area (Å²) in [5, 5.41) is 6.99. The standard InChI is InChI=1S/C11H11N5O/c12-16-14-6-5-13-11(17)10-7-8-3-1-2-4-9(8)15-10/h1-4,7,15H,5-6H2,(H,13,17). The van der Waals surface area contributed by atoms with E-state index in [1.165, 1.54) is 0 Å². The number of nitrogens with one attached hydrogen (secondary N) is 2. The van der Waals surface area contributed by atoms with Gasteiger partial charge < -0.3 is 10.3 Å². The number of hydrogen-bond donors (Lipinski definition) is 2. The lowest BCUT2D eigenvalue weighted by Crippen LogP contribution is -2.26. The Bertz CT molecular complexity index is 549. The molecule has 0 saturated carbocycles. The maximum absolute atomic E-state index is 11.7. The largest absolute Gasteiger partial charge is 0.351 e. The summed E-state index contributed by atoms with van der Waals surface area (Å²) in [5.74, 6) is -0.200. The number of para-hydroxylation sites is 1. The van der Waals surface area contributed by atoms with E-state index in [4.69, 9.17) is 5.53 Å². The summed E-state index contributed by atoms with van der Waals surface area (Å²) in [7, 11) is 0. The van der Waals surface area contributed by atoms with Crippen molar-refractivity contribution in [2.75, 3.05) is 13.1 Å². The number of rotatable bonds is 4. The van der Waals surface area contributed by atoms with Gasteiger partial charge in [-0.15, -0.1) is 0 Å². The average Bonchev–Trinajstić information content (AvgIpc) is 2.78. The SMILES string of the molecule is [N-]=[N+]=NCCNC(=O)c1cc2ccccc2[nH]1. The Hall–Kier alpha value is -2.46. The highest BCUT2D eigenvalue weighted by molar-refractivity contribution is 5.97. The van der Waals surface area contributed by atoms with Crippen LogP contribution in [0.25, 0.3) is 21.3 Å². The molecule has 17 heavy (non-hydrogen) atoms. The zero-order chi connectivity index (χ0) is 12.1. The Labute approximate surface area is 97.3 Å². The Balaban J connectivity index is 2.06. The summed E-state index contributed by atoms with van der Waals surface area (Å²) in [6.07, 6.45) is 0. The van der Waals surface area contributed by atoms with Crippen LogP contribution in [0.4, 0.5) is 0 Å². The smallest absolute Gasteiger partial charge is 0.267 e. The van der Waals surface area contributed by atoms with E-state index in [9.17, 15) is 4.79 Å². The van der Waals surface area contributed by atoms with Crippen LogP contribution in [0.5, 0.6) is 0 Å². The lowest BCUT2D eigenvalue weighted by atomic mass is 10.2. The molecule has 0 radical (unpaired) electrons. The first-order valence-corrected chi connectivity index (χ1v) is 5.18. The molecule has 0 aliphatic rings. The quantitative estimate of drug-likeness (QED) is 0.357. The molecule has 86 valence electrons. The van der Waals surface area contributed by atoms with E-state index in [-0.39, 0.29) is 12.5 Å². The summed E-state index contributed by atoms with van der Waals surface area (Å²) in [6.45, 7) is 0.584. The minimum absolute atomic E-state index is 0.200. The van der Waals surface area contributed by atoms with Crippen molar-refractivity contribution in [3.05, 3.63) is 46.5 Å². The first kappa shape index (κ1) is 11.0. The van der Waals surface area contributed by atoms with Gasteiger partial charge in [-0.2, -0.15) is 0 Å². The maximum atomic E-state index is 11.7. The lowest BCUT2D eigenvalue weighted by Gasteiger charge is -1.99. The summed E-state index contributed by atoms with van der Waals surface area (Å²) >= 11 is 0. The van der Waals surface area contributed by atoms with Gasteiger partial charge in [0.1, 0.15) is 5.69 Å². The summed E-state index contributed by atoms with van der Waals surface area (Å²) in [5.41, 5.74) is 9.51. The van der Waals surface area contributed by atoms with Gasteiger partial charge in [0.05, 0.1) is 0 Å². The van der Waals surface area contributed by atoms with E-state index in [1.807, 2.05) is 24.3 Å². The Morgan fingerprint density at radius 2 is 2.29 bits per heavy atom. The molecule has 2 N–H and O–H groups in total. The highest BCUT2D eigenvalue weighted by atomic mass is 16.1. The van der Waals surface area contributed by atoms with Crippen molar-refractivity contribution < 1.29 is 4.79 Å². The molecule has 0 fully saturated rings. The topological polar surface area (TPSA) is 93.7 Å². The van der Waals surface area contributed by atoms with Gasteiger partial charge in [-0.05, 0) is 17.7 Å². The average molecular weight is 229 g/mol. The zero-order valence-corrected chi connectivity index (χ0v) is 9.05. The van der Waals surface area contributed by atoms with Crippen LogP contribution in [-0.4, -0.2) is 24.0 Å². The number of benzene rings is 1. The van der Waals surface area contributed by atoms with Crippen LogP contribution in [0.3, 0.4) is 0 Å². The number of amides is 1. The number of H-pyrrole nitrogens is 1. The van der Waals surface area contributed by atoms with E-state index in [0.29, 0.717) is 12.2 Å². The van der Waals surface area contributed by atoms with Crippen LogP contribution < -0.4 is 5.32 Å². The molecule has 1 aromatic carbocycles. The molecule has 6 heteroatoms. The van der Waals surface area contributed by atoms with Crippen LogP contribution in [0.2, 0.25) is 0 Å². The number of azide groups is 1. The first-order chi connectivity index (χ1) is 8.31. The van der Waals surface area contributed by atoms with Crippen LogP contribution in [0, 0.1) is 0 Å². The second-order valence-corrected chi connectivity index (χ2v) is 3.48. The number of fused-ring (bicyclic) bond motifs is 1. The van der Waals surface area contributed by atoms with Gasteiger partial charge in [0.15, 0.2) is 0 Å². The van der Waals surface area contributed by atoms with E-state index in [0.717, 1.165) is 10.9 Å². The van der Waals surface area contributed by atoms with Crippen LogP contribution >= 0.6 is 0 Å². The molecular weight excluding hydrogens is 218 g/mol. The van der Waals surface area contributed by atoms with Crippen molar-refractivity contribution in [2.45, 2.75) is 0 Å². The predicted octanol–water partition coefficient (Wildman–Crippen LogP) is 2.21. The number of carbonyl (C=O) groups excluding carboxylic acids is 1. The molecule has 6 nitrogen and oxygen atoms in total. The van der Waals surface area contributed by atoms with Gasteiger partial charge in [0.2, 0.25) is 0 Å². The number of aromatic amines is 1. The van der Waals surface area contributed by atoms with Gasteiger partial charge >= 0.3 is 0 Å². The third kappa shape index (κ3) is 2.56. The second-order valence-electron chi connectivity index (χ2n) is 3.48. The van der Waals surface area contributed by atoms with Crippen molar-refractivity contribution in [3.8, 4) is 0 Å². The molecule has 1 amide bonds. The number of nitrogens with zero attached hydrogens (tertiary/aromatic N) is 3. The summed E-state index contributed by atoms with van der Waals surface area (Å²) in [6, 6.07) is 9.45. The van der Waals surface area contributed by atoms with Crippen molar-refractivity contribution in [1.29, 1.82) is 0 Å². The van der Waals surface area contributed by atoms with Crippen molar-refractivity contribution in [2.24, 2.45) is 5.11 Å². The Morgan fingerprint density at radius 3 is 3.06 bits per heavy atom. The summed E-state index contributed by atoms with van der Waals surface area (Å²) in [4.78, 5) is 17.3. The molecule has 0 unspecified atom stereocenters. The molecule has 1 heterocycles. The van der Waals surface area contributed by atoms with Crippen LogP contribution in [0.1, 0.15) is 10.5 Å². The fourth-order valence-corrected chi connectivity index (χ4v) is 1.56. The number of hydrogen-bond acceptors (Lipinski definition) is 2. The molecule has 0 bridgehead atoms. The van der Waals surface area contributed by atoms with E-state index < -0.39 is 0 Å². The van der Waals surface area contributed by atoms with E-state index in [2.05, 4.69) is 20.3 Å². The van der Waals surface area contributed by atoms with E-state index in [1.54, 1.807) is 6.07 Å². The minimum atomic E-state index is -0.200. The van der Waals surface area contributed by atoms with Crippen LogP contribution in [0.15, 0.2) is 35.4 Å². The minimum Gasteiger partial charge on any atom is -0.351 e. The molecule has 2 rings (SSSR count). The Morgan fingerprint density at radius 1 is 1.47 bits per heavy atom. The van der Waals surface area contributed by atoms with Crippen molar-refractivity contribution >= 4 is 16.8 Å².